The molecule has 0 saturated carbocycles. The van der Waals surface area contributed by atoms with Gasteiger partial charge in [0.05, 0.1) is 0 Å². The van der Waals surface area contributed by atoms with Gasteiger partial charge in [-0.1, -0.05) is 60.7 Å². The van der Waals surface area contributed by atoms with Gasteiger partial charge in [0.2, 0.25) is 0 Å². The number of hydrogen-bond donors (Lipinski definition) is 0. The predicted molar refractivity (Wildman–Crippen MR) is 112 cm³/mol. The van der Waals surface area contributed by atoms with Crippen LogP contribution in [-0.2, 0) is 6.54 Å². The van der Waals surface area contributed by atoms with Gasteiger partial charge in [0, 0.05) is 12.6 Å². The number of ether oxygens (including phenoxy) is 2. The minimum atomic E-state index is 0.449. The van der Waals surface area contributed by atoms with E-state index in [1.807, 2.05) is 0 Å². The Hall–Kier alpha value is -2.78. The predicted octanol–water partition coefficient (Wildman–Crippen LogP) is 5.46. The van der Waals surface area contributed by atoms with Crippen LogP contribution in [0.4, 0.5) is 0 Å². The molecular formula is C25H25NO2. The molecule has 2 aliphatic heterocycles. The third-order valence-electron chi connectivity index (χ3n) is 5.76. The molecule has 1 saturated heterocycles. The summed E-state index contributed by atoms with van der Waals surface area (Å²) in [5, 5.41) is 0. The second-order valence-corrected chi connectivity index (χ2v) is 7.59. The quantitative estimate of drug-likeness (QED) is 0.608. The summed E-state index contributed by atoms with van der Waals surface area (Å²) < 4.78 is 11.5. The van der Waals surface area contributed by atoms with Crippen molar-refractivity contribution in [3.63, 3.8) is 0 Å². The maximum Gasteiger partial charge on any atom is 0.161 e. The second kappa shape index (κ2) is 7.69. The smallest absolute Gasteiger partial charge is 0.161 e. The van der Waals surface area contributed by atoms with Crippen LogP contribution in [0.2, 0.25) is 0 Å². The van der Waals surface area contributed by atoms with Gasteiger partial charge in [0.25, 0.3) is 0 Å². The van der Waals surface area contributed by atoms with Crippen molar-refractivity contribution in [2.75, 3.05) is 19.8 Å². The Kier molecular flexibility index (Phi) is 4.76. The maximum absolute atomic E-state index is 5.79. The van der Waals surface area contributed by atoms with E-state index in [9.17, 15) is 0 Å². The summed E-state index contributed by atoms with van der Waals surface area (Å²) in [5.74, 6) is 1.76. The largest absolute Gasteiger partial charge is 0.486 e. The fraction of sp³-hybridized carbons (Fsp3) is 0.280. The highest BCUT2D eigenvalue weighted by atomic mass is 16.6. The van der Waals surface area contributed by atoms with Crippen molar-refractivity contribution in [1.29, 1.82) is 0 Å². The van der Waals surface area contributed by atoms with Gasteiger partial charge < -0.3 is 9.47 Å². The lowest BCUT2D eigenvalue weighted by molar-refractivity contribution is 0.170. The number of likely N-dealkylation sites (tertiary alicyclic amines) is 1. The lowest BCUT2D eigenvalue weighted by Crippen LogP contribution is -2.23. The first kappa shape index (κ1) is 17.3. The lowest BCUT2D eigenvalue weighted by Gasteiger charge is -2.26. The molecule has 3 nitrogen and oxygen atoms in total. The van der Waals surface area contributed by atoms with Crippen molar-refractivity contribution in [3.8, 4) is 22.6 Å². The standard InChI is InChI=1S/C25H25NO2/c1-2-5-20(6-3-1)21-10-8-19(9-11-21)18-26-14-4-7-23(26)22-12-13-24-25(17-22)28-16-15-27-24/h1-3,5-6,8-13,17,23H,4,7,14-16,18H2/t23-/m0/s1. The van der Waals surface area contributed by atoms with E-state index in [1.54, 1.807) is 0 Å². The number of benzene rings is 3. The van der Waals surface area contributed by atoms with E-state index < -0.39 is 0 Å². The number of fused-ring (bicyclic) bond motifs is 1. The minimum Gasteiger partial charge on any atom is -0.486 e. The second-order valence-electron chi connectivity index (χ2n) is 7.59. The Labute approximate surface area is 166 Å². The molecule has 3 heteroatoms. The Bertz CT molecular complexity index is 937. The summed E-state index contributed by atoms with van der Waals surface area (Å²) in [6, 6.07) is 26.5. The Morgan fingerprint density at radius 2 is 1.54 bits per heavy atom. The lowest BCUT2D eigenvalue weighted by atomic mass is 10.0. The van der Waals surface area contributed by atoms with E-state index in [4.69, 9.17) is 9.47 Å². The number of rotatable bonds is 4. The summed E-state index contributed by atoms with van der Waals surface area (Å²) >= 11 is 0. The molecule has 2 aliphatic rings. The first-order valence-corrected chi connectivity index (χ1v) is 10.1. The molecule has 0 amide bonds. The van der Waals surface area contributed by atoms with E-state index in [1.165, 1.54) is 35.1 Å². The van der Waals surface area contributed by atoms with Gasteiger partial charge in [-0.05, 0) is 53.8 Å². The van der Waals surface area contributed by atoms with Gasteiger partial charge in [-0.2, -0.15) is 0 Å². The molecule has 0 N–H and O–H groups in total. The van der Waals surface area contributed by atoms with Crippen LogP contribution >= 0.6 is 0 Å². The van der Waals surface area contributed by atoms with Crippen LogP contribution in [0.25, 0.3) is 11.1 Å². The zero-order valence-corrected chi connectivity index (χ0v) is 16.0. The van der Waals surface area contributed by atoms with Gasteiger partial charge in [0.1, 0.15) is 13.2 Å². The SMILES string of the molecule is c1ccc(-c2ccc(CN3CCC[C@H]3c3ccc4c(c3)OCCO4)cc2)cc1. The summed E-state index contributed by atoms with van der Waals surface area (Å²) in [6.45, 7) is 3.40. The number of hydrogen-bond acceptors (Lipinski definition) is 3. The molecule has 0 aromatic heterocycles. The van der Waals surface area contributed by atoms with Gasteiger partial charge >= 0.3 is 0 Å². The Balaban J connectivity index is 1.32. The molecule has 28 heavy (non-hydrogen) atoms. The molecule has 0 bridgehead atoms. The monoisotopic (exact) mass is 371 g/mol. The third-order valence-corrected chi connectivity index (χ3v) is 5.76. The Morgan fingerprint density at radius 1 is 0.786 bits per heavy atom. The molecule has 3 aromatic rings. The summed E-state index contributed by atoms with van der Waals surface area (Å²) in [4.78, 5) is 2.59. The van der Waals surface area contributed by atoms with E-state index in [2.05, 4.69) is 77.7 Å². The normalized spacial score (nSPS) is 18.9. The van der Waals surface area contributed by atoms with Crippen LogP contribution < -0.4 is 9.47 Å². The van der Waals surface area contributed by atoms with Gasteiger partial charge in [-0.25, -0.2) is 0 Å². The molecule has 142 valence electrons. The molecule has 3 aromatic carbocycles. The molecular weight excluding hydrogens is 346 g/mol. The Morgan fingerprint density at radius 3 is 2.36 bits per heavy atom. The highest BCUT2D eigenvalue weighted by Crippen LogP contribution is 2.38. The van der Waals surface area contributed by atoms with Crippen LogP contribution in [0.5, 0.6) is 11.5 Å². The molecule has 1 fully saturated rings. The van der Waals surface area contributed by atoms with Crippen LogP contribution in [0.1, 0.15) is 30.0 Å². The summed E-state index contributed by atoms with van der Waals surface area (Å²) in [6.07, 6.45) is 2.43. The van der Waals surface area contributed by atoms with Crippen molar-refractivity contribution in [3.05, 3.63) is 83.9 Å². The first-order chi connectivity index (χ1) is 13.9. The van der Waals surface area contributed by atoms with E-state index >= 15 is 0 Å². The van der Waals surface area contributed by atoms with Crippen molar-refractivity contribution in [1.82, 2.24) is 4.90 Å². The van der Waals surface area contributed by atoms with E-state index in [-0.39, 0.29) is 0 Å². The average molecular weight is 371 g/mol. The van der Waals surface area contributed by atoms with Crippen LogP contribution in [0, 0.1) is 0 Å². The molecule has 2 heterocycles. The summed E-state index contributed by atoms with van der Waals surface area (Å²) in [5.41, 5.74) is 5.24. The van der Waals surface area contributed by atoms with Crippen molar-refractivity contribution in [2.45, 2.75) is 25.4 Å². The molecule has 5 rings (SSSR count). The number of nitrogens with zero attached hydrogens (tertiary/aromatic N) is 1. The molecule has 0 spiro atoms. The summed E-state index contributed by atoms with van der Waals surface area (Å²) in [7, 11) is 0. The van der Waals surface area contributed by atoms with Crippen molar-refractivity contribution in [2.24, 2.45) is 0 Å². The van der Waals surface area contributed by atoms with Gasteiger partial charge in [0.15, 0.2) is 11.5 Å². The van der Waals surface area contributed by atoms with Gasteiger partial charge in [-0.3, -0.25) is 4.90 Å². The highest BCUT2D eigenvalue weighted by molar-refractivity contribution is 5.63. The molecule has 0 aliphatic carbocycles. The zero-order valence-electron chi connectivity index (χ0n) is 16.0. The molecule has 1 atom stereocenters. The maximum atomic E-state index is 5.79. The van der Waals surface area contributed by atoms with Crippen molar-refractivity contribution >= 4 is 0 Å². The topological polar surface area (TPSA) is 21.7 Å². The zero-order chi connectivity index (χ0) is 18.8. The van der Waals surface area contributed by atoms with Gasteiger partial charge in [-0.15, -0.1) is 0 Å². The van der Waals surface area contributed by atoms with Crippen molar-refractivity contribution < 1.29 is 9.47 Å². The van der Waals surface area contributed by atoms with E-state index in [0.717, 1.165) is 24.6 Å². The van der Waals surface area contributed by atoms with E-state index in [0.29, 0.717) is 19.3 Å². The molecule has 0 unspecified atom stereocenters. The first-order valence-electron chi connectivity index (χ1n) is 10.1. The third kappa shape index (κ3) is 3.50. The van der Waals surface area contributed by atoms with Crippen LogP contribution in [-0.4, -0.2) is 24.7 Å². The fourth-order valence-electron chi connectivity index (χ4n) is 4.33. The van der Waals surface area contributed by atoms with Crippen LogP contribution in [0.15, 0.2) is 72.8 Å². The highest BCUT2D eigenvalue weighted by Gasteiger charge is 2.27. The van der Waals surface area contributed by atoms with Crippen LogP contribution in [0.3, 0.4) is 0 Å². The minimum absolute atomic E-state index is 0.449. The average Bonchev–Trinajstić information content (AvgIpc) is 3.23. The molecule has 0 radical (unpaired) electrons. The fourth-order valence-corrected chi connectivity index (χ4v) is 4.33.